The van der Waals surface area contributed by atoms with E-state index in [1.54, 1.807) is 0 Å². The molecule has 8 heavy (non-hydrogen) atoms. The molecule has 0 aromatic rings. The third kappa shape index (κ3) is 0.801. The first-order valence-corrected chi connectivity index (χ1v) is 2.46. The molecular weight excluding hydrogens is 108 g/mol. The Morgan fingerprint density at radius 1 is 1.75 bits per heavy atom. The molecule has 1 fully saturated rings. The molecule has 0 spiro atoms. The Bertz CT molecular complexity index is 100. The Labute approximate surface area is 46.9 Å². The standard InChI is InChI=1S/C4H8N2O2/c5-8-4(7)3-1-6-2-3/h3,6H,1-2,5H2. The topological polar surface area (TPSA) is 64.3 Å². The Kier molecular flexibility index (Phi) is 1.45. The minimum Gasteiger partial charge on any atom is -0.373 e. The van der Waals surface area contributed by atoms with Crippen LogP contribution in [0.4, 0.5) is 0 Å². The molecule has 0 aromatic heterocycles. The normalized spacial score (nSPS) is 19.6. The van der Waals surface area contributed by atoms with Crippen LogP contribution in [-0.4, -0.2) is 19.1 Å². The van der Waals surface area contributed by atoms with Gasteiger partial charge in [0, 0.05) is 13.1 Å². The lowest BCUT2D eigenvalue weighted by molar-refractivity contribution is -0.150. The smallest absolute Gasteiger partial charge is 0.330 e. The fraction of sp³-hybridized carbons (Fsp3) is 0.750. The Hall–Kier alpha value is -0.610. The van der Waals surface area contributed by atoms with E-state index in [0.717, 1.165) is 0 Å². The summed E-state index contributed by atoms with van der Waals surface area (Å²) in [6.45, 7) is 1.41. The SMILES string of the molecule is NOC(=O)C1CNC1. The molecule has 4 heteroatoms. The second-order valence-electron chi connectivity index (χ2n) is 1.79. The maximum atomic E-state index is 10.4. The van der Waals surface area contributed by atoms with Gasteiger partial charge in [-0.3, -0.25) is 0 Å². The van der Waals surface area contributed by atoms with Crippen LogP contribution in [0.15, 0.2) is 0 Å². The summed E-state index contributed by atoms with van der Waals surface area (Å²) in [7, 11) is 0. The van der Waals surface area contributed by atoms with Crippen molar-refractivity contribution in [3.8, 4) is 0 Å². The Balaban J connectivity index is 2.24. The minimum atomic E-state index is -0.316. The van der Waals surface area contributed by atoms with E-state index >= 15 is 0 Å². The summed E-state index contributed by atoms with van der Waals surface area (Å²) in [6, 6.07) is 0. The zero-order valence-corrected chi connectivity index (χ0v) is 4.39. The lowest BCUT2D eigenvalue weighted by Crippen LogP contribution is -2.47. The van der Waals surface area contributed by atoms with Crippen molar-refractivity contribution in [3.63, 3.8) is 0 Å². The van der Waals surface area contributed by atoms with Crippen LogP contribution < -0.4 is 11.2 Å². The van der Waals surface area contributed by atoms with Gasteiger partial charge >= 0.3 is 5.97 Å². The van der Waals surface area contributed by atoms with Crippen molar-refractivity contribution in [2.24, 2.45) is 11.8 Å². The fourth-order valence-electron chi connectivity index (χ4n) is 0.552. The molecule has 0 saturated carbocycles. The molecule has 0 unspecified atom stereocenters. The maximum absolute atomic E-state index is 10.4. The van der Waals surface area contributed by atoms with Gasteiger partial charge in [-0.25, -0.2) is 4.79 Å². The molecule has 4 nitrogen and oxygen atoms in total. The highest BCUT2D eigenvalue weighted by atomic mass is 16.7. The first kappa shape index (κ1) is 5.53. The van der Waals surface area contributed by atoms with Crippen LogP contribution >= 0.6 is 0 Å². The average molecular weight is 116 g/mol. The van der Waals surface area contributed by atoms with E-state index in [1.165, 1.54) is 0 Å². The summed E-state index contributed by atoms with van der Waals surface area (Å²) in [5.41, 5.74) is 0. The lowest BCUT2D eigenvalue weighted by Gasteiger charge is -2.23. The average Bonchev–Trinajstić information content (AvgIpc) is 1.62. The highest BCUT2D eigenvalue weighted by Gasteiger charge is 2.25. The monoisotopic (exact) mass is 116 g/mol. The largest absolute Gasteiger partial charge is 0.373 e. The van der Waals surface area contributed by atoms with Crippen LogP contribution in [0.3, 0.4) is 0 Å². The fourth-order valence-corrected chi connectivity index (χ4v) is 0.552. The van der Waals surface area contributed by atoms with Gasteiger partial charge in [-0.15, -0.1) is 0 Å². The van der Waals surface area contributed by atoms with E-state index in [2.05, 4.69) is 16.1 Å². The third-order valence-electron chi connectivity index (χ3n) is 1.23. The van der Waals surface area contributed by atoms with E-state index in [9.17, 15) is 4.79 Å². The van der Waals surface area contributed by atoms with E-state index < -0.39 is 0 Å². The number of hydrogen-bond acceptors (Lipinski definition) is 4. The molecule has 1 rings (SSSR count). The van der Waals surface area contributed by atoms with Crippen LogP contribution in [-0.2, 0) is 9.63 Å². The molecule has 3 N–H and O–H groups in total. The highest BCUT2D eigenvalue weighted by molar-refractivity contribution is 5.73. The first-order chi connectivity index (χ1) is 3.84. The molecule has 1 heterocycles. The maximum Gasteiger partial charge on any atom is 0.330 e. The van der Waals surface area contributed by atoms with Gasteiger partial charge in [0.15, 0.2) is 0 Å². The van der Waals surface area contributed by atoms with Gasteiger partial charge in [0.1, 0.15) is 0 Å². The molecule has 0 aromatic carbocycles. The summed E-state index contributed by atoms with van der Waals surface area (Å²) in [5, 5.41) is 2.92. The van der Waals surface area contributed by atoms with Crippen molar-refractivity contribution in [1.29, 1.82) is 0 Å². The molecular formula is C4H8N2O2. The predicted molar refractivity (Wildman–Crippen MR) is 26.6 cm³/mol. The summed E-state index contributed by atoms with van der Waals surface area (Å²) in [5.74, 6) is 4.29. The summed E-state index contributed by atoms with van der Waals surface area (Å²) < 4.78 is 0. The number of rotatable bonds is 1. The summed E-state index contributed by atoms with van der Waals surface area (Å²) in [6.07, 6.45) is 0. The van der Waals surface area contributed by atoms with Crippen LogP contribution in [0.1, 0.15) is 0 Å². The van der Waals surface area contributed by atoms with Crippen molar-refractivity contribution >= 4 is 5.97 Å². The minimum absolute atomic E-state index is 0.000000000000000444. The number of nitrogens with two attached hydrogens (primary N) is 1. The Morgan fingerprint density at radius 2 is 2.38 bits per heavy atom. The Morgan fingerprint density at radius 3 is 2.50 bits per heavy atom. The lowest BCUT2D eigenvalue weighted by atomic mass is 10.1. The molecule has 1 aliphatic heterocycles. The van der Waals surface area contributed by atoms with Gasteiger partial charge < -0.3 is 10.2 Å². The van der Waals surface area contributed by atoms with Crippen LogP contribution in [0.2, 0.25) is 0 Å². The first-order valence-electron chi connectivity index (χ1n) is 2.46. The number of carbonyl (C=O) groups is 1. The van der Waals surface area contributed by atoms with Crippen LogP contribution in [0, 0.1) is 5.92 Å². The molecule has 46 valence electrons. The van der Waals surface area contributed by atoms with Crippen LogP contribution in [0.5, 0.6) is 0 Å². The van der Waals surface area contributed by atoms with Crippen molar-refractivity contribution in [3.05, 3.63) is 0 Å². The van der Waals surface area contributed by atoms with E-state index in [0.29, 0.717) is 13.1 Å². The van der Waals surface area contributed by atoms with Gasteiger partial charge in [-0.1, -0.05) is 0 Å². The van der Waals surface area contributed by atoms with E-state index in [1.807, 2.05) is 0 Å². The molecule has 1 aliphatic rings. The van der Waals surface area contributed by atoms with Crippen molar-refractivity contribution in [2.45, 2.75) is 0 Å². The van der Waals surface area contributed by atoms with Crippen molar-refractivity contribution in [2.75, 3.05) is 13.1 Å². The molecule has 0 radical (unpaired) electrons. The predicted octanol–water partition coefficient (Wildman–Crippen LogP) is -1.38. The second-order valence-corrected chi connectivity index (χ2v) is 1.79. The third-order valence-corrected chi connectivity index (χ3v) is 1.23. The molecule has 0 aliphatic carbocycles. The van der Waals surface area contributed by atoms with Crippen molar-refractivity contribution in [1.82, 2.24) is 5.32 Å². The van der Waals surface area contributed by atoms with Gasteiger partial charge in [-0.05, 0) is 0 Å². The molecule has 0 amide bonds. The zero-order valence-electron chi connectivity index (χ0n) is 4.39. The van der Waals surface area contributed by atoms with E-state index in [4.69, 9.17) is 0 Å². The molecule has 1 saturated heterocycles. The number of nitrogens with one attached hydrogen (secondary N) is 1. The zero-order chi connectivity index (χ0) is 5.98. The summed E-state index contributed by atoms with van der Waals surface area (Å²) in [4.78, 5) is 14.4. The number of hydrogen-bond donors (Lipinski definition) is 2. The summed E-state index contributed by atoms with van der Waals surface area (Å²) >= 11 is 0. The molecule has 0 bridgehead atoms. The van der Waals surface area contributed by atoms with Gasteiger partial charge in [-0.2, -0.15) is 5.90 Å². The van der Waals surface area contributed by atoms with Gasteiger partial charge in [0.2, 0.25) is 0 Å². The quantitative estimate of drug-likeness (QED) is 0.414. The van der Waals surface area contributed by atoms with Gasteiger partial charge in [0.25, 0.3) is 0 Å². The van der Waals surface area contributed by atoms with E-state index in [-0.39, 0.29) is 11.9 Å². The second kappa shape index (κ2) is 2.11. The van der Waals surface area contributed by atoms with Crippen molar-refractivity contribution < 1.29 is 9.63 Å². The number of carbonyl (C=O) groups excluding carboxylic acids is 1. The van der Waals surface area contributed by atoms with Crippen LogP contribution in [0.25, 0.3) is 0 Å². The molecule has 0 atom stereocenters. The van der Waals surface area contributed by atoms with Gasteiger partial charge in [0.05, 0.1) is 5.92 Å². The highest BCUT2D eigenvalue weighted by Crippen LogP contribution is 2.02.